The molecule has 0 saturated heterocycles. The first kappa shape index (κ1) is 21.7. The number of hydrogen-bond donors (Lipinski definition) is 1. The van der Waals surface area contributed by atoms with E-state index < -0.39 is 10.0 Å². The first-order chi connectivity index (χ1) is 14.5. The van der Waals surface area contributed by atoms with Crippen molar-refractivity contribution < 1.29 is 8.42 Å². The van der Waals surface area contributed by atoms with Gasteiger partial charge < -0.3 is 4.57 Å². The van der Waals surface area contributed by atoms with E-state index in [2.05, 4.69) is 27.6 Å². The van der Waals surface area contributed by atoms with Gasteiger partial charge in [0.2, 0.25) is 10.0 Å². The van der Waals surface area contributed by atoms with E-state index in [4.69, 9.17) is 0 Å². The molecule has 1 aromatic heterocycles. The third kappa shape index (κ3) is 5.40. The van der Waals surface area contributed by atoms with Crippen LogP contribution in [0.25, 0.3) is 6.08 Å². The molecule has 1 aliphatic heterocycles. The van der Waals surface area contributed by atoms with Gasteiger partial charge in [0.25, 0.3) is 0 Å². The summed E-state index contributed by atoms with van der Waals surface area (Å²) in [7, 11) is -3.47. The molecule has 1 saturated carbocycles. The summed E-state index contributed by atoms with van der Waals surface area (Å²) in [4.78, 5) is 0. The lowest BCUT2D eigenvalue weighted by atomic mass is 9.85. The van der Waals surface area contributed by atoms with Crippen LogP contribution in [0.4, 0.5) is 0 Å². The minimum atomic E-state index is -3.47. The molecule has 162 valence electrons. The number of hydrogen-bond acceptors (Lipinski definition) is 3. The third-order valence-electron chi connectivity index (χ3n) is 6.39. The number of aryl methyl sites for hydroxylation is 1. The van der Waals surface area contributed by atoms with Crippen molar-refractivity contribution >= 4 is 27.9 Å². The molecule has 4 nitrogen and oxygen atoms in total. The Labute approximate surface area is 185 Å². The maximum atomic E-state index is 12.8. The van der Waals surface area contributed by atoms with Gasteiger partial charge in [0.1, 0.15) is 0 Å². The minimum absolute atomic E-state index is 0.0134. The standard InChI is InChI=1S/C24H32N2O2S2/c1-19(21-10-6-3-7-11-21)25-30(27,28)15-13-24-23-18-29-14-12-22(23)17-26(24)16-20-8-4-2-5-9-20/h2,4-5,8-9,13,15,17,19,21,25H,3,6-7,10-12,14,16,18H2,1H3/t19-/m1/s1. The second-order valence-corrected chi connectivity index (χ2v) is 11.3. The molecule has 2 aliphatic rings. The van der Waals surface area contributed by atoms with E-state index in [0.717, 1.165) is 43.0 Å². The van der Waals surface area contributed by atoms with Crippen molar-refractivity contribution in [1.29, 1.82) is 0 Å². The Morgan fingerprint density at radius 3 is 2.73 bits per heavy atom. The minimum Gasteiger partial charge on any atom is -0.343 e. The van der Waals surface area contributed by atoms with Crippen molar-refractivity contribution in [2.24, 2.45) is 5.92 Å². The average Bonchev–Trinajstić information content (AvgIpc) is 3.10. The molecule has 0 spiro atoms. The summed E-state index contributed by atoms with van der Waals surface area (Å²) in [6, 6.07) is 10.3. The zero-order valence-electron chi connectivity index (χ0n) is 17.7. The van der Waals surface area contributed by atoms with Gasteiger partial charge in [-0.15, -0.1) is 0 Å². The molecule has 1 fully saturated rings. The number of benzene rings is 1. The summed E-state index contributed by atoms with van der Waals surface area (Å²) < 4.78 is 30.7. The van der Waals surface area contributed by atoms with E-state index in [1.807, 2.05) is 43.0 Å². The lowest BCUT2D eigenvalue weighted by Gasteiger charge is -2.27. The summed E-state index contributed by atoms with van der Waals surface area (Å²) in [6.07, 6.45) is 11.0. The number of nitrogens with one attached hydrogen (secondary N) is 1. The van der Waals surface area contributed by atoms with E-state index >= 15 is 0 Å². The second-order valence-electron chi connectivity index (χ2n) is 8.59. The highest BCUT2D eigenvalue weighted by Gasteiger charge is 2.23. The van der Waals surface area contributed by atoms with Gasteiger partial charge in [-0.1, -0.05) is 49.6 Å². The maximum Gasteiger partial charge on any atom is 0.234 e. The zero-order chi connectivity index (χ0) is 21.0. The fraction of sp³-hybridized carbons (Fsp3) is 0.500. The predicted molar refractivity (Wildman–Crippen MR) is 127 cm³/mol. The zero-order valence-corrected chi connectivity index (χ0v) is 19.4. The molecular formula is C24H32N2O2S2. The summed E-state index contributed by atoms with van der Waals surface area (Å²) in [6.45, 7) is 2.77. The first-order valence-corrected chi connectivity index (χ1v) is 13.7. The lowest BCUT2D eigenvalue weighted by Crippen LogP contribution is -2.37. The van der Waals surface area contributed by atoms with Gasteiger partial charge in [-0.25, -0.2) is 13.1 Å². The van der Waals surface area contributed by atoms with Crippen LogP contribution >= 0.6 is 11.8 Å². The van der Waals surface area contributed by atoms with Crippen LogP contribution in [-0.2, 0) is 28.7 Å². The molecule has 0 radical (unpaired) electrons. The Bertz CT molecular complexity index is 974. The summed E-state index contributed by atoms with van der Waals surface area (Å²) in [5, 5.41) is 1.38. The number of sulfonamides is 1. The molecule has 1 N–H and O–H groups in total. The second kappa shape index (κ2) is 9.75. The topological polar surface area (TPSA) is 51.1 Å². The van der Waals surface area contributed by atoms with Crippen molar-refractivity contribution in [3.05, 3.63) is 64.3 Å². The molecule has 6 heteroatoms. The van der Waals surface area contributed by atoms with E-state index in [1.165, 1.54) is 41.4 Å². The SMILES string of the molecule is C[C@@H](NS(=O)(=O)C=Cc1c2c(cn1Cc1ccccc1)CCSC2)C1CCCCC1. The quantitative estimate of drug-likeness (QED) is 0.640. The van der Waals surface area contributed by atoms with E-state index in [1.54, 1.807) is 0 Å². The van der Waals surface area contributed by atoms with Crippen LogP contribution in [-0.4, -0.2) is 24.8 Å². The van der Waals surface area contributed by atoms with Crippen molar-refractivity contribution in [2.45, 2.75) is 63.8 Å². The number of aromatic nitrogens is 1. The molecule has 4 rings (SSSR count). The Kier molecular flexibility index (Phi) is 7.06. The van der Waals surface area contributed by atoms with Crippen LogP contribution in [0.5, 0.6) is 0 Å². The summed E-state index contributed by atoms with van der Waals surface area (Å²) in [5.74, 6) is 2.53. The van der Waals surface area contributed by atoms with Gasteiger partial charge in [0.05, 0.1) is 0 Å². The largest absolute Gasteiger partial charge is 0.343 e. The molecule has 1 aliphatic carbocycles. The van der Waals surface area contributed by atoms with Crippen molar-refractivity contribution in [3.8, 4) is 0 Å². The van der Waals surface area contributed by atoms with Crippen molar-refractivity contribution in [3.63, 3.8) is 0 Å². The fourth-order valence-corrected chi connectivity index (χ4v) is 6.85. The Morgan fingerprint density at radius 2 is 1.97 bits per heavy atom. The van der Waals surface area contributed by atoms with Gasteiger partial charge in [0, 0.05) is 35.6 Å². The van der Waals surface area contributed by atoms with Crippen LogP contribution in [0.3, 0.4) is 0 Å². The third-order valence-corrected chi connectivity index (χ3v) is 8.57. The van der Waals surface area contributed by atoms with Crippen LogP contribution in [0.2, 0.25) is 0 Å². The van der Waals surface area contributed by atoms with Crippen LogP contribution < -0.4 is 4.72 Å². The highest BCUT2D eigenvalue weighted by Crippen LogP contribution is 2.31. The van der Waals surface area contributed by atoms with Gasteiger partial charge in [-0.3, -0.25) is 0 Å². The molecule has 30 heavy (non-hydrogen) atoms. The molecule has 2 heterocycles. The molecule has 2 aromatic rings. The Balaban J connectivity index is 1.54. The number of nitrogens with zero attached hydrogens (tertiary/aromatic N) is 1. The monoisotopic (exact) mass is 444 g/mol. The molecular weight excluding hydrogens is 412 g/mol. The highest BCUT2D eigenvalue weighted by molar-refractivity contribution is 7.98. The molecule has 0 amide bonds. The molecule has 0 bridgehead atoms. The van der Waals surface area contributed by atoms with Crippen LogP contribution in [0.1, 0.15) is 61.4 Å². The number of rotatable bonds is 7. The van der Waals surface area contributed by atoms with Crippen LogP contribution in [0, 0.1) is 5.92 Å². The highest BCUT2D eigenvalue weighted by atomic mass is 32.2. The summed E-state index contributed by atoms with van der Waals surface area (Å²) >= 11 is 1.92. The van der Waals surface area contributed by atoms with Gasteiger partial charge >= 0.3 is 0 Å². The maximum absolute atomic E-state index is 12.8. The average molecular weight is 445 g/mol. The van der Waals surface area contributed by atoms with E-state index in [0.29, 0.717) is 5.92 Å². The molecule has 1 aromatic carbocycles. The number of fused-ring (bicyclic) bond motifs is 1. The van der Waals surface area contributed by atoms with Crippen molar-refractivity contribution in [2.75, 3.05) is 5.75 Å². The van der Waals surface area contributed by atoms with Crippen molar-refractivity contribution in [1.82, 2.24) is 9.29 Å². The van der Waals surface area contributed by atoms with E-state index in [9.17, 15) is 8.42 Å². The first-order valence-electron chi connectivity index (χ1n) is 11.0. The normalized spacial score (nSPS) is 19.1. The van der Waals surface area contributed by atoms with Crippen LogP contribution in [0.15, 0.2) is 41.9 Å². The Morgan fingerprint density at radius 1 is 1.20 bits per heavy atom. The van der Waals surface area contributed by atoms with Gasteiger partial charge in [0.15, 0.2) is 0 Å². The molecule has 0 unspecified atom stereocenters. The summed E-state index contributed by atoms with van der Waals surface area (Å²) in [5.41, 5.74) is 4.88. The number of thioether (sulfide) groups is 1. The van der Waals surface area contributed by atoms with Gasteiger partial charge in [-0.2, -0.15) is 11.8 Å². The lowest BCUT2D eigenvalue weighted by molar-refractivity contribution is 0.303. The molecule has 1 atom stereocenters. The Hall–Kier alpha value is -1.50. The smallest absolute Gasteiger partial charge is 0.234 e. The fourth-order valence-electron chi connectivity index (χ4n) is 4.70. The predicted octanol–water partition coefficient (Wildman–Crippen LogP) is 5.18. The van der Waals surface area contributed by atoms with E-state index in [-0.39, 0.29) is 6.04 Å². The van der Waals surface area contributed by atoms with Gasteiger partial charge in [-0.05, 0) is 60.6 Å².